The lowest BCUT2D eigenvalue weighted by molar-refractivity contribution is 0.0568. The monoisotopic (exact) mass is 315 g/mol. The summed E-state index contributed by atoms with van der Waals surface area (Å²) >= 11 is 0. The minimum atomic E-state index is -0.508. The Bertz CT molecular complexity index is 732. The van der Waals surface area contributed by atoms with E-state index in [1.54, 1.807) is 4.90 Å². The number of ether oxygens (including phenoxy) is 1. The Balaban J connectivity index is 1.93. The van der Waals surface area contributed by atoms with Crippen LogP contribution in [0.15, 0.2) is 42.5 Å². The Morgan fingerprint density at radius 2 is 2.13 bits per heavy atom. The molecule has 1 N–H and O–H groups in total. The lowest BCUT2D eigenvalue weighted by Crippen LogP contribution is -2.41. The topological polar surface area (TPSA) is 49.8 Å². The second-order valence-corrected chi connectivity index (χ2v) is 5.50. The maximum atomic E-state index is 13.5. The minimum Gasteiger partial charge on any atom is -0.494 e. The van der Waals surface area contributed by atoms with Gasteiger partial charge in [0.15, 0.2) is 11.6 Å². The van der Waals surface area contributed by atoms with Crippen LogP contribution in [0.25, 0.3) is 0 Å². The predicted molar refractivity (Wildman–Crippen MR) is 84.0 cm³/mol. The molecule has 0 spiro atoms. The number of aliphatic hydroxyl groups is 1. The SMILES string of the molecule is COc1cc(C(=O)N2CCc3ccccc3C2CO)ccc1F. The molecule has 1 aliphatic heterocycles. The summed E-state index contributed by atoms with van der Waals surface area (Å²) in [5.41, 5.74) is 2.46. The number of hydrogen-bond donors (Lipinski definition) is 1. The van der Waals surface area contributed by atoms with Crippen LogP contribution in [0.4, 0.5) is 4.39 Å². The molecular formula is C18H18FNO3. The summed E-state index contributed by atoms with van der Waals surface area (Å²) in [6, 6.07) is 11.5. The first-order valence-electron chi connectivity index (χ1n) is 7.49. The standard InChI is InChI=1S/C18H18FNO3/c1-23-17-10-13(6-7-15(17)19)18(22)20-9-8-12-4-2-3-5-14(12)16(20)11-21/h2-7,10,16,21H,8-9,11H2,1H3. The van der Waals surface area contributed by atoms with E-state index in [4.69, 9.17) is 4.74 Å². The summed E-state index contributed by atoms with van der Waals surface area (Å²) in [6.45, 7) is 0.363. The van der Waals surface area contributed by atoms with Crippen LogP contribution in [-0.4, -0.2) is 36.2 Å². The van der Waals surface area contributed by atoms with Crippen molar-refractivity contribution < 1.29 is 19.0 Å². The number of nitrogens with zero attached hydrogens (tertiary/aromatic N) is 1. The molecular weight excluding hydrogens is 297 g/mol. The lowest BCUT2D eigenvalue weighted by Gasteiger charge is -2.36. The summed E-state index contributed by atoms with van der Waals surface area (Å²) in [6.07, 6.45) is 0.733. The van der Waals surface area contributed by atoms with E-state index in [0.29, 0.717) is 12.1 Å². The van der Waals surface area contributed by atoms with Crippen LogP contribution < -0.4 is 4.74 Å². The highest BCUT2D eigenvalue weighted by atomic mass is 19.1. The van der Waals surface area contributed by atoms with Crippen LogP contribution in [0.2, 0.25) is 0 Å². The van der Waals surface area contributed by atoms with Crippen molar-refractivity contribution >= 4 is 5.91 Å². The fraction of sp³-hybridized carbons (Fsp3) is 0.278. The molecule has 0 aromatic heterocycles. The summed E-state index contributed by atoms with van der Waals surface area (Å²) in [5.74, 6) is -0.711. The highest BCUT2D eigenvalue weighted by Crippen LogP contribution is 2.31. The molecule has 0 saturated heterocycles. The van der Waals surface area contributed by atoms with Crippen molar-refractivity contribution in [1.29, 1.82) is 0 Å². The number of fused-ring (bicyclic) bond motifs is 1. The maximum Gasteiger partial charge on any atom is 0.254 e. The van der Waals surface area contributed by atoms with Gasteiger partial charge in [-0.1, -0.05) is 24.3 Å². The molecule has 2 aromatic rings. The van der Waals surface area contributed by atoms with Crippen molar-refractivity contribution in [2.45, 2.75) is 12.5 Å². The third kappa shape index (κ3) is 2.80. The zero-order valence-electron chi connectivity index (χ0n) is 12.8. The molecule has 1 atom stereocenters. The average molecular weight is 315 g/mol. The van der Waals surface area contributed by atoms with Crippen molar-refractivity contribution in [3.05, 3.63) is 65.0 Å². The lowest BCUT2D eigenvalue weighted by atomic mass is 9.92. The first-order valence-corrected chi connectivity index (χ1v) is 7.49. The average Bonchev–Trinajstić information content (AvgIpc) is 2.60. The molecule has 2 aromatic carbocycles. The molecule has 1 heterocycles. The Morgan fingerprint density at radius 3 is 2.87 bits per heavy atom. The van der Waals surface area contributed by atoms with Gasteiger partial charge in [0.1, 0.15) is 0 Å². The van der Waals surface area contributed by atoms with E-state index in [1.807, 2.05) is 24.3 Å². The Morgan fingerprint density at radius 1 is 1.35 bits per heavy atom. The molecule has 0 saturated carbocycles. The quantitative estimate of drug-likeness (QED) is 0.947. The molecule has 1 aliphatic rings. The van der Waals surface area contributed by atoms with Crippen LogP contribution in [0.1, 0.15) is 27.5 Å². The van der Waals surface area contributed by atoms with Gasteiger partial charge in [-0.15, -0.1) is 0 Å². The summed E-state index contributed by atoms with van der Waals surface area (Å²) < 4.78 is 18.5. The van der Waals surface area contributed by atoms with Gasteiger partial charge >= 0.3 is 0 Å². The van der Waals surface area contributed by atoms with Crippen LogP contribution in [-0.2, 0) is 6.42 Å². The molecule has 1 amide bonds. The van der Waals surface area contributed by atoms with Crippen LogP contribution >= 0.6 is 0 Å². The van der Waals surface area contributed by atoms with Gasteiger partial charge in [0.25, 0.3) is 5.91 Å². The molecule has 4 nitrogen and oxygen atoms in total. The Kier molecular flexibility index (Phi) is 4.30. The van der Waals surface area contributed by atoms with E-state index in [2.05, 4.69) is 0 Å². The van der Waals surface area contributed by atoms with Gasteiger partial charge in [0, 0.05) is 12.1 Å². The molecule has 5 heteroatoms. The van der Waals surface area contributed by atoms with Crippen molar-refractivity contribution in [2.24, 2.45) is 0 Å². The van der Waals surface area contributed by atoms with Crippen LogP contribution in [0.5, 0.6) is 5.75 Å². The van der Waals surface area contributed by atoms with E-state index in [0.717, 1.165) is 17.5 Å². The van der Waals surface area contributed by atoms with Crippen LogP contribution in [0, 0.1) is 5.82 Å². The number of amides is 1. The van der Waals surface area contributed by atoms with Gasteiger partial charge < -0.3 is 14.7 Å². The zero-order chi connectivity index (χ0) is 16.4. The number of aliphatic hydroxyl groups excluding tert-OH is 1. The molecule has 0 fully saturated rings. The van der Waals surface area contributed by atoms with E-state index < -0.39 is 5.82 Å². The Labute approximate surface area is 134 Å². The molecule has 3 rings (SSSR count). The number of rotatable bonds is 3. The van der Waals surface area contributed by atoms with Crippen LogP contribution in [0.3, 0.4) is 0 Å². The van der Waals surface area contributed by atoms with Gasteiger partial charge in [-0.25, -0.2) is 4.39 Å². The number of halogens is 1. The minimum absolute atomic E-state index is 0.0359. The summed E-state index contributed by atoms with van der Waals surface area (Å²) in [7, 11) is 1.36. The van der Waals surface area contributed by atoms with Gasteiger partial charge in [0.05, 0.1) is 19.8 Å². The van der Waals surface area contributed by atoms with E-state index >= 15 is 0 Å². The highest BCUT2D eigenvalue weighted by Gasteiger charge is 2.30. The number of methoxy groups -OCH3 is 1. The number of carbonyl (C=O) groups excluding carboxylic acids is 1. The smallest absolute Gasteiger partial charge is 0.254 e. The summed E-state index contributed by atoms with van der Waals surface area (Å²) in [4.78, 5) is 14.4. The Hall–Kier alpha value is -2.40. The summed E-state index contributed by atoms with van der Waals surface area (Å²) in [5, 5.41) is 9.77. The van der Waals surface area contributed by atoms with Gasteiger partial charge in [-0.2, -0.15) is 0 Å². The number of carbonyl (C=O) groups is 1. The number of benzene rings is 2. The van der Waals surface area contributed by atoms with Crippen molar-refractivity contribution in [2.75, 3.05) is 20.3 Å². The number of hydrogen-bond acceptors (Lipinski definition) is 3. The second kappa shape index (κ2) is 6.38. The second-order valence-electron chi connectivity index (χ2n) is 5.50. The predicted octanol–water partition coefficient (Wildman–Crippen LogP) is 2.57. The van der Waals surface area contributed by atoms with E-state index in [-0.39, 0.29) is 24.3 Å². The molecule has 0 aliphatic carbocycles. The van der Waals surface area contributed by atoms with Crippen molar-refractivity contribution in [3.63, 3.8) is 0 Å². The molecule has 23 heavy (non-hydrogen) atoms. The molecule has 0 bridgehead atoms. The van der Waals surface area contributed by atoms with E-state index in [1.165, 1.54) is 25.3 Å². The van der Waals surface area contributed by atoms with Gasteiger partial charge in [-0.3, -0.25) is 4.79 Å². The fourth-order valence-electron chi connectivity index (χ4n) is 3.05. The third-order valence-corrected chi connectivity index (χ3v) is 4.24. The maximum absolute atomic E-state index is 13.5. The third-order valence-electron chi connectivity index (χ3n) is 4.24. The molecule has 120 valence electrons. The fourth-order valence-corrected chi connectivity index (χ4v) is 3.05. The van der Waals surface area contributed by atoms with Crippen molar-refractivity contribution in [1.82, 2.24) is 4.90 Å². The molecule has 1 unspecified atom stereocenters. The van der Waals surface area contributed by atoms with Gasteiger partial charge in [0.2, 0.25) is 0 Å². The first-order chi connectivity index (χ1) is 11.2. The molecule has 0 radical (unpaired) electrons. The van der Waals surface area contributed by atoms with E-state index in [9.17, 15) is 14.3 Å². The zero-order valence-corrected chi connectivity index (χ0v) is 12.8. The largest absolute Gasteiger partial charge is 0.494 e. The van der Waals surface area contributed by atoms with Gasteiger partial charge in [-0.05, 0) is 35.7 Å². The van der Waals surface area contributed by atoms with Crippen molar-refractivity contribution in [3.8, 4) is 5.75 Å². The highest BCUT2D eigenvalue weighted by molar-refractivity contribution is 5.95. The first kappa shape index (κ1) is 15.5. The normalized spacial score (nSPS) is 16.8.